The molecule has 2 nitrogen and oxygen atoms in total. The Labute approximate surface area is 80.4 Å². The Morgan fingerprint density at radius 2 is 2.00 bits per heavy atom. The Bertz CT molecular complexity index is 279. The number of hydrogen-bond donors (Lipinski definition) is 1. The summed E-state index contributed by atoms with van der Waals surface area (Å²) in [7, 11) is 4.14. The van der Waals surface area contributed by atoms with E-state index in [-0.39, 0.29) is 0 Å². The van der Waals surface area contributed by atoms with Gasteiger partial charge in [0.05, 0.1) is 0 Å². The van der Waals surface area contributed by atoms with E-state index in [1.807, 2.05) is 0 Å². The number of nitrogens with zero attached hydrogens (tertiary/aromatic N) is 1. The van der Waals surface area contributed by atoms with E-state index in [1.54, 1.807) is 0 Å². The summed E-state index contributed by atoms with van der Waals surface area (Å²) in [6.45, 7) is 3.71. The second-order valence-electron chi connectivity index (χ2n) is 3.70. The first-order chi connectivity index (χ1) is 6.13. The summed E-state index contributed by atoms with van der Waals surface area (Å²) in [4.78, 5) is 2.16. The monoisotopic (exact) mass is 178 g/mol. The van der Waals surface area contributed by atoms with E-state index in [9.17, 15) is 0 Å². The molecule has 0 aliphatic rings. The maximum atomic E-state index is 5.64. The van der Waals surface area contributed by atoms with E-state index in [4.69, 9.17) is 5.73 Å². The van der Waals surface area contributed by atoms with E-state index in [2.05, 4.69) is 44.1 Å². The summed E-state index contributed by atoms with van der Waals surface area (Å²) in [5.74, 6) is 0. The summed E-state index contributed by atoms with van der Waals surface area (Å²) >= 11 is 0. The fourth-order valence-corrected chi connectivity index (χ4v) is 1.41. The van der Waals surface area contributed by atoms with Crippen molar-refractivity contribution in [2.75, 3.05) is 14.1 Å². The first kappa shape index (κ1) is 10.2. The lowest BCUT2D eigenvalue weighted by Gasteiger charge is -2.11. The standard InChI is InChI=1S/C11H18N2/c1-9-4-5-10(8-13(2)3)6-11(9)7-12/h4-6H,7-8,12H2,1-3H3. The Morgan fingerprint density at radius 3 is 2.54 bits per heavy atom. The van der Waals surface area contributed by atoms with Gasteiger partial charge in [-0.1, -0.05) is 18.2 Å². The summed E-state index contributed by atoms with van der Waals surface area (Å²) < 4.78 is 0. The molecule has 0 bridgehead atoms. The molecule has 13 heavy (non-hydrogen) atoms. The maximum absolute atomic E-state index is 5.64. The first-order valence-electron chi connectivity index (χ1n) is 4.56. The van der Waals surface area contributed by atoms with Crippen molar-refractivity contribution in [2.24, 2.45) is 5.73 Å². The van der Waals surface area contributed by atoms with E-state index in [1.165, 1.54) is 16.7 Å². The Hall–Kier alpha value is -0.860. The molecule has 2 heteroatoms. The highest BCUT2D eigenvalue weighted by Gasteiger charge is 1.99. The molecule has 0 heterocycles. The number of aryl methyl sites for hydroxylation is 1. The normalized spacial score (nSPS) is 10.8. The smallest absolute Gasteiger partial charge is 0.0227 e. The second kappa shape index (κ2) is 4.40. The molecule has 0 spiro atoms. The van der Waals surface area contributed by atoms with Crippen LogP contribution in [0.4, 0.5) is 0 Å². The van der Waals surface area contributed by atoms with Crippen molar-refractivity contribution in [3.8, 4) is 0 Å². The molecule has 1 rings (SSSR count). The third-order valence-corrected chi connectivity index (χ3v) is 2.13. The maximum Gasteiger partial charge on any atom is 0.0227 e. The van der Waals surface area contributed by atoms with Crippen LogP contribution in [0.3, 0.4) is 0 Å². The van der Waals surface area contributed by atoms with Crippen LogP contribution in [-0.4, -0.2) is 19.0 Å². The van der Waals surface area contributed by atoms with E-state index in [0.29, 0.717) is 6.54 Å². The highest BCUT2D eigenvalue weighted by molar-refractivity contribution is 5.30. The molecule has 0 unspecified atom stereocenters. The molecule has 0 fully saturated rings. The molecule has 2 N–H and O–H groups in total. The van der Waals surface area contributed by atoms with Gasteiger partial charge in [-0.3, -0.25) is 0 Å². The third-order valence-electron chi connectivity index (χ3n) is 2.13. The highest BCUT2D eigenvalue weighted by atomic mass is 15.0. The zero-order valence-electron chi connectivity index (χ0n) is 8.67. The van der Waals surface area contributed by atoms with Crippen LogP contribution in [0.2, 0.25) is 0 Å². The third kappa shape index (κ3) is 2.83. The lowest BCUT2D eigenvalue weighted by atomic mass is 10.1. The zero-order chi connectivity index (χ0) is 9.84. The van der Waals surface area contributed by atoms with Crippen molar-refractivity contribution in [3.05, 3.63) is 34.9 Å². The van der Waals surface area contributed by atoms with Gasteiger partial charge < -0.3 is 10.6 Å². The fourth-order valence-electron chi connectivity index (χ4n) is 1.41. The lowest BCUT2D eigenvalue weighted by molar-refractivity contribution is 0.402. The van der Waals surface area contributed by atoms with Crippen LogP contribution in [0.1, 0.15) is 16.7 Å². The molecule has 1 aromatic carbocycles. The van der Waals surface area contributed by atoms with Gasteiger partial charge in [-0.2, -0.15) is 0 Å². The number of benzene rings is 1. The van der Waals surface area contributed by atoms with Crippen LogP contribution in [0, 0.1) is 6.92 Å². The number of hydrogen-bond acceptors (Lipinski definition) is 2. The minimum atomic E-state index is 0.632. The Kier molecular flexibility index (Phi) is 3.46. The predicted molar refractivity (Wildman–Crippen MR) is 56.5 cm³/mol. The van der Waals surface area contributed by atoms with Crippen LogP contribution < -0.4 is 5.73 Å². The summed E-state index contributed by atoms with van der Waals surface area (Å²) in [6, 6.07) is 6.49. The lowest BCUT2D eigenvalue weighted by Crippen LogP contribution is -2.11. The SMILES string of the molecule is Cc1ccc(CN(C)C)cc1CN. The fraction of sp³-hybridized carbons (Fsp3) is 0.455. The average molecular weight is 178 g/mol. The molecule has 0 aliphatic carbocycles. The molecule has 0 saturated carbocycles. The zero-order valence-corrected chi connectivity index (χ0v) is 8.67. The number of rotatable bonds is 3. The molecule has 0 amide bonds. The van der Waals surface area contributed by atoms with E-state index >= 15 is 0 Å². The average Bonchev–Trinajstić information content (AvgIpc) is 2.07. The van der Waals surface area contributed by atoms with E-state index < -0.39 is 0 Å². The van der Waals surface area contributed by atoms with Crippen LogP contribution in [0.5, 0.6) is 0 Å². The Morgan fingerprint density at radius 1 is 1.31 bits per heavy atom. The van der Waals surface area contributed by atoms with Crippen molar-refractivity contribution in [1.29, 1.82) is 0 Å². The minimum absolute atomic E-state index is 0.632. The molecular weight excluding hydrogens is 160 g/mol. The summed E-state index contributed by atoms with van der Waals surface area (Å²) in [5.41, 5.74) is 9.50. The predicted octanol–water partition coefficient (Wildman–Crippen LogP) is 1.52. The van der Waals surface area contributed by atoms with Gasteiger partial charge in [0, 0.05) is 13.1 Å². The Balaban J connectivity index is 2.86. The molecule has 72 valence electrons. The van der Waals surface area contributed by atoms with Crippen LogP contribution in [0.25, 0.3) is 0 Å². The molecule has 0 radical (unpaired) electrons. The first-order valence-corrected chi connectivity index (χ1v) is 4.56. The van der Waals surface area contributed by atoms with Crippen molar-refractivity contribution >= 4 is 0 Å². The number of nitrogens with two attached hydrogens (primary N) is 1. The van der Waals surface area contributed by atoms with Crippen LogP contribution in [-0.2, 0) is 13.1 Å². The van der Waals surface area contributed by atoms with E-state index in [0.717, 1.165) is 6.54 Å². The van der Waals surface area contributed by atoms with Crippen LogP contribution >= 0.6 is 0 Å². The van der Waals surface area contributed by atoms with Gasteiger partial charge in [0.15, 0.2) is 0 Å². The quantitative estimate of drug-likeness (QED) is 0.760. The second-order valence-corrected chi connectivity index (χ2v) is 3.70. The van der Waals surface area contributed by atoms with Crippen molar-refractivity contribution in [3.63, 3.8) is 0 Å². The van der Waals surface area contributed by atoms with Crippen molar-refractivity contribution < 1.29 is 0 Å². The van der Waals surface area contributed by atoms with Gasteiger partial charge in [0.1, 0.15) is 0 Å². The van der Waals surface area contributed by atoms with Crippen molar-refractivity contribution in [1.82, 2.24) is 4.90 Å². The molecule has 0 atom stereocenters. The molecular formula is C11H18N2. The van der Waals surface area contributed by atoms with Crippen molar-refractivity contribution in [2.45, 2.75) is 20.0 Å². The molecule has 0 aliphatic heterocycles. The molecule has 1 aromatic rings. The minimum Gasteiger partial charge on any atom is -0.326 e. The molecule has 0 aromatic heterocycles. The van der Waals surface area contributed by atoms with Gasteiger partial charge >= 0.3 is 0 Å². The summed E-state index contributed by atoms with van der Waals surface area (Å²) in [6.07, 6.45) is 0. The van der Waals surface area contributed by atoms with Gasteiger partial charge in [-0.15, -0.1) is 0 Å². The van der Waals surface area contributed by atoms with Crippen LogP contribution in [0.15, 0.2) is 18.2 Å². The van der Waals surface area contributed by atoms with Gasteiger partial charge in [-0.05, 0) is 37.7 Å². The van der Waals surface area contributed by atoms with Gasteiger partial charge in [0.2, 0.25) is 0 Å². The molecule has 0 saturated heterocycles. The van der Waals surface area contributed by atoms with Gasteiger partial charge in [-0.25, -0.2) is 0 Å². The topological polar surface area (TPSA) is 29.3 Å². The largest absolute Gasteiger partial charge is 0.326 e. The van der Waals surface area contributed by atoms with Gasteiger partial charge in [0.25, 0.3) is 0 Å². The summed E-state index contributed by atoms with van der Waals surface area (Å²) in [5, 5.41) is 0. The highest BCUT2D eigenvalue weighted by Crippen LogP contribution is 2.11.